The van der Waals surface area contributed by atoms with Crippen molar-refractivity contribution < 1.29 is 4.74 Å². The minimum Gasteiger partial charge on any atom is -0.490 e. The summed E-state index contributed by atoms with van der Waals surface area (Å²) in [6.07, 6.45) is 3.10. The Labute approximate surface area is 126 Å². The van der Waals surface area contributed by atoms with Crippen LogP contribution in [0.15, 0.2) is 0 Å². The van der Waals surface area contributed by atoms with Crippen LogP contribution in [-0.2, 0) is 0 Å². The van der Waals surface area contributed by atoms with E-state index in [0.29, 0.717) is 12.4 Å². The zero-order chi connectivity index (χ0) is 13.0. The Balaban J connectivity index is 2.92. The SMILES string of the molecule is CCCCCOc1c(Cl)c(Cl)c(Cl)c(Cl)c1Cl. The Morgan fingerprint density at radius 3 is 1.71 bits per heavy atom. The van der Waals surface area contributed by atoms with Crippen LogP contribution in [0.25, 0.3) is 0 Å². The van der Waals surface area contributed by atoms with Gasteiger partial charge in [0.05, 0.1) is 21.7 Å². The van der Waals surface area contributed by atoms with Crippen LogP contribution in [0.1, 0.15) is 26.2 Å². The van der Waals surface area contributed by atoms with Crippen LogP contribution < -0.4 is 4.74 Å². The van der Waals surface area contributed by atoms with Crippen molar-refractivity contribution in [1.82, 2.24) is 0 Å². The molecule has 1 nitrogen and oxygen atoms in total. The molecule has 17 heavy (non-hydrogen) atoms. The summed E-state index contributed by atoms with van der Waals surface area (Å²) >= 11 is 29.7. The molecule has 0 aliphatic carbocycles. The van der Waals surface area contributed by atoms with E-state index in [-0.39, 0.29) is 25.1 Å². The summed E-state index contributed by atoms with van der Waals surface area (Å²) in [5.41, 5.74) is 0. The Hall–Kier alpha value is 0.470. The number of rotatable bonds is 5. The highest BCUT2D eigenvalue weighted by atomic mass is 35.5. The molecule has 0 saturated heterocycles. The predicted octanol–water partition coefficient (Wildman–Crippen LogP) is 6.52. The average molecular weight is 336 g/mol. The lowest BCUT2D eigenvalue weighted by molar-refractivity contribution is 0.306. The molecule has 0 bridgehead atoms. The first kappa shape index (κ1) is 15.5. The van der Waals surface area contributed by atoms with Gasteiger partial charge in [0, 0.05) is 0 Å². The van der Waals surface area contributed by atoms with E-state index in [1.54, 1.807) is 0 Å². The second-order valence-corrected chi connectivity index (χ2v) is 5.34. The number of hydrogen-bond donors (Lipinski definition) is 0. The maximum atomic E-state index is 6.00. The van der Waals surface area contributed by atoms with Gasteiger partial charge in [-0.2, -0.15) is 0 Å². The molecule has 1 aromatic carbocycles. The lowest BCUT2D eigenvalue weighted by Crippen LogP contribution is -1.99. The molecule has 0 aromatic heterocycles. The van der Waals surface area contributed by atoms with E-state index in [9.17, 15) is 0 Å². The van der Waals surface area contributed by atoms with Gasteiger partial charge >= 0.3 is 0 Å². The largest absolute Gasteiger partial charge is 0.490 e. The van der Waals surface area contributed by atoms with Gasteiger partial charge in [0.15, 0.2) is 5.75 Å². The first-order valence-electron chi connectivity index (χ1n) is 5.14. The van der Waals surface area contributed by atoms with Crippen LogP contribution in [0.5, 0.6) is 5.75 Å². The van der Waals surface area contributed by atoms with E-state index >= 15 is 0 Å². The van der Waals surface area contributed by atoms with Gasteiger partial charge in [-0.1, -0.05) is 77.8 Å². The molecule has 1 rings (SSSR count). The summed E-state index contributed by atoms with van der Waals surface area (Å²) in [5, 5.41) is 0.857. The quantitative estimate of drug-likeness (QED) is 0.338. The molecular formula is C11H11Cl5O. The van der Waals surface area contributed by atoms with Crippen molar-refractivity contribution in [2.75, 3.05) is 6.61 Å². The minimum absolute atomic E-state index is 0.143. The summed E-state index contributed by atoms with van der Waals surface area (Å²) in [7, 11) is 0. The topological polar surface area (TPSA) is 9.23 Å². The molecule has 0 spiro atoms. The Bertz CT molecular complexity index is 376. The lowest BCUT2D eigenvalue weighted by atomic mass is 10.3. The molecule has 96 valence electrons. The van der Waals surface area contributed by atoms with Gasteiger partial charge in [0.1, 0.15) is 10.0 Å². The van der Waals surface area contributed by atoms with Gasteiger partial charge in [-0.15, -0.1) is 0 Å². The monoisotopic (exact) mass is 334 g/mol. The number of hydrogen-bond acceptors (Lipinski definition) is 1. The molecule has 0 saturated carbocycles. The third-order valence-corrected chi connectivity index (χ3v) is 4.41. The average Bonchev–Trinajstić information content (AvgIpc) is 2.33. The van der Waals surface area contributed by atoms with Crippen molar-refractivity contribution in [3.63, 3.8) is 0 Å². The molecule has 6 heteroatoms. The van der Waals surface area contributed by atoms with E-state index in [0.717, 1.165) is 19.3 Å². The van der Waals surface area contributed by atoms with E-state index in [1.807, 2.05) is 0 Å². The van der Waals surface area contributed by atoms with Crippen molar-refractivity contribution in [3.8, 4) is 5.75 Å². The van der Waals surface area contributed by atoms with Crippen molar-refractivity contribution in [3.05, 3.63) is 25.1 Å². The second-order valence-electron chi connectivity index (χ2n) is 3.45. The van der Waals surface area contributed by atoms with Gasteiger partial charge in [-0.05, 0) is 6.42 Å². The van der Waals surface area contributed by atoms with Gasteiger partial charge in [0.2, 0.25) is 0 Å². The summed E-state index contributed by atoms with van der Waals surface area (Å²) in [4.78, 5) is 0. The lowest BCUT2D eigenvalue weighted by Gasteiger charge is -2.13. The van der Waals surface area contributed by atoms with Crippen LogP contribution in [-0.4, -0.2) is 6.61 Å². The zero-order valence-corrected chi connectivity index (χ0v) is 12.9. The second kappa shape index (κ2) is 7.16. The summed E-state index contributed by atoms with van der Waals surface area (Å²) in [6, 6.07) is 0. The standard InChI is InChI=1S/C11H11Cl5O/c1-2-3-4-5-17-11-9(15)7(13)6(12)8(14)10(11)16/h2-5H2,1H3. The third-order valence-electron chi connectivity index (χ3n) is 2.16. The van der Waals surface area contributed by atoms with E-state index < -0.39 is 0 Å². The molecule has 0 radical (unpaired) electrons. The van der Waals surface area contributed by atoms with Crippen LogP contribution in [0, 0.1) is 0 Å². The highest BCUT2D eigenvalue weighted by Gasteiger charge is 2.20. The molecule has 0 fully saturated rings. The Morgan fingerprint density at radius 1 is 0.765 bits per heavy atom. The maximum Gasteiger partial charge on any atom is 0.159 e. The third kappa shape index (κ3) is 3.71. The summed E-state index contributed by atoms with van der Waals surface area (Å²) < 4.78 is 5.49. The number of ether oxygens (including phenoxy) is 1. The fourth-order valence-electron chi connectivity index (χ4n) is 1.24. The fourth-order valence-corrected chi connectivity index (χ4v) is 2.47. The normalized spacial score (nSPS) is 10.7. The highest BCUT2D eigenvalue weighted by molar-refractivity contribution is 6.55. The van der Waals surface area contributed by atoms with Crippen molar-refractivity contribution in [2.24, 2.45) is 0 Å². The van der Waals surface area contributed by atoms with Gasteiger partial charge in [-0.25, -0.2) is 0 Å². The van der Waals surface area contributed by atoms with E-state index in [2.05, 4.69) is 6.92 Å². The van der Waals surface area contributed by atoms with Gasteiger partial charge < -0.3 is 4.74 Å². The Morgan fingerprint density at radius 2 is 1.24 bits per heavy atom. The van der Waals surface area contributed by atoms with Crippen LogP contribution in [0.3, 0.4) is 0 Å². The summed E-state index contributed by atoms with van der Waals surface area (Å²) in [6.45, 7) is 2.62. The van der Waals surface area contributed by atoms with Gasteiger partial charge in [0.25, 0.3) is 0 Å². The van der Waals surface area contributed by atoms with Crippen LogP contribution in [0.4, 0.5) is 0 Å². The van der Waals surface area contributed by atoms with Crippen molar-refractivity contribution in [2.45, 2.75) is 26.2 Å². The molecule has 0 atom stereocenters. The van der Waals surface area contributed by atoms with Crippen molar-refractivity contribution in [1.29, 1.82) is 0 Å². The Kier molecular flexibility index (Phi) is 6.54. The first-order valence-corrected chi connectivity index (χ1v) is 7.03. The van der Waals surface area contributed by atoms with E-state index in [1.165, 1.54) is 0 Å². The molecular weight excluding hydrogens is 325 g/mol. The summed E-state index contributed by atoms with van der Waals surface area (Å²) in [5.74, 6) is 0.295. The van der Waals surface area contributed by atoms with Crippen LogP contribution >= 0.6 is 58.0 Å². The van der Waals surface area contributed by atoms with Crippen LogP contribution in [0.2, 0.25) is 25.1 Å². The molecule has 1 aromatic rings. The maximum absolute atomic E-state index is 6.00. The smallest absolute Gasteiger partial charge is 0.159 e. The fraction of sp³-hybridized carbons (Fsp3) is 0.455. The van der Waals surface area contributed by atoms with Gasteiger partial charge in [-0.3, -0.25) is 0 Å². The molecule has 0 aliphatic rings. The number of unbranched alkanes of at least 4 members (excludes halogenated alkanes) is 2. The number of benzene rings is 1. The molecule has 0 heterocycles. The molecule has 0 amide bonds. The molecule has 0 N–H and O–H groups in total. The highest BCUT2D eigenvalue weighted by Crippen LogP contribution is 2.48. The number of halogens is 5. The molecule has 0 unspecified atom stereocenters. The van der Waals surface area contributed by atoms with E-state index in [4.69, 9.17) is 62.7 Å². The minimum atomic E-state index is 0.143. The van der Waals surface area contributed by atoms with Crippen molar-refractivity contribution >= 4 is 58.0 Å². The first-order chi connectivity index (χ1) is 8.00. The predicted molar refractivity (Wildman–Crippen MR) is 76.5 cm³/mol. The molecule has 0 aliphatic heterocycles. The zero-order valence-electron chi connectivity index (χ0n) is 9.13.